The van der Waals surface area contributed by atoms with E-state index in [9.17, 15) is 17.6 Å². The van der Waals surface area contributed by atoms with E-state index >= 15 is 0 Å². The second-order valence-electron chi connectivity index (χ2n) is 6.35. The van der Waals surface area contributed by atoms with Crippen molar-refractivity contribution in [2.24, 2.45) is 0 Å². The fraction of sp³-hybridized carbons (Fsp3) is 0.316. The van der Waals surface area contributed by atoms with Gasteiger partial charge in [-0.15, -0.1) is 0 Å². The first kappa shape index (κ1) is 19.2. The summed E-state index contributed by atoms with van der Waals surface area (Å²) >= 11 is 0. The van der Waals surface area contributed by atoms with Crippen molar-refractivity contribution in [2.75, 3.05) is 21.9 Å². The largest absolute Gasteiger partial charge is 0.334 e. The fourth-order valence-corrected chi connectivity index (χ4v) is 4.24. The van der Waals surface area contributed by atoms with E-state index in [1.807, 2.05) is 6.07 Å². The lowest BCUT2D eigenvalue weighted by Crippen LogP contribution is -2.36. The van der Waals surface area contributed by atoms with Gasteiger partial charge in [0.25, 0.3) is 0 Å². The SMILES string of the molecule is CCS(=O)(=O)N1CCCc2cc(NC(=O)NCc3ccc(F)cc3)ccc21. The Hall–Kier alpha value is -2.61. The summed E-state index contributed by atoms with van der Waals surface area (Å²) in [5.74, 6) is -0.269. The Bertz CT molecular complexity index is 930. The molecule has 1 aliphatic heterocycles. The summed E-state index contributed by atoms with van der Waals surface area (Å²) < 4.78 is 38.8. The van der Waals surface area contributed by atoms with E-state index in [2.05, 4.69) is 10.6 Å². The van der Waals surface area contributed by atoms with Crippen molar-refractivity contribution < 1.29 is 17.6 Å². The van der Waals surface area contributed by atoms with Gasteiger partial charge in [-0.1, -0.05) is 12.1 Å². The fourth-order valence-electron chi connectivity index (χ4n) is 3.05. The van der Waals surface area contributed by atoms with Gasteiger partial charge in [0.1, 0.15) is 5.82 Å². The number of nitrogens with zero attached hydrogens (tertiary/aromatic N) is 1. The Kier molecular flexibility index (Phi) is 5.65. The van der Waals surface area contributed by atoms with Crippen LogP contribution < -0.4 is 14.9 Å². The molecule has 6 nitrogen and oxygen atoms in total. The molecule has 0 aliphatic carbocycles. The van der Waals surface area contributed by atoms with Gasteiger partial charge in [0.15, 0.2) is 0 Å². The summed E-state index contributed by atoms with van der Waals surface area (Å²) in [7, 11) is -3.31. The van der Waals surface area contributed by atoms with Gasteiger partial charge in [-0.3, -0.25) is 4.31 Å². The summed E-state index contributed by atoms with van der Waals surface area (Å²) in [5.41, 5.74) is 2.97. The average Bonchev–Trinajstić information content (AvgIpc) is 2.67. The molecule has 0 saturated heterocycles. The highest BCUT2D eigenvalue weighted by molar-refractivity contribution is 7.92. The Balaban J connectivity index is 1.66. The van der Waals surface area contributed by atoms with Crippen molar-refractivity contribution in [3.63, 3.8) is 0 Å². The molecule has 0 radical (unpaired) electrons. The minimum absolute atomic E-state index is 0.0538. The second-order valence-corrected chi connectivity index (χ2v) is 8.54. The number of carbonyl (C=O) groups excluding carboxylic acids is 1. The molecule has 0 fully saturated rings. The Labute approximate surface area is 158 Å². The van der Waals surface area contributed by atoms with E-state index in [-0.39, 0.29) is 24.1 Å². The zero-order valence-electron chi connectivity index (χ0n) is 15.0. The number of benzene rings is 2. The highest BCUT2D eigenvalue weighted by atomic mass is 32.2. The summed E-state index contributed by atoms with van der Waals surface area (Å²) in [6.07, 6.45) is 1.50. The number of hydrogen-bond donors (Lipinski definition) is 2. The van der Waals surface area contributed by atoms with Gasteiger partial charge >= 0.3 is 6.03 Å². The van der Waals surface area contributed by atoms with Crippen molar-refractivity contribution in [3.8, 4) is 0 Å². The van der Waals surface area contributed by atoms with Gasteiger partial charge in [0, 0.05) is 18.8 Å². The topological polar surface area (TPSA) is 78.5 Å². The Morgan fingerprint density at radius 2 is 1.93 bits per heavy atom. The van der Waals surface area contributed by atoms with Crippen molar-refractivity contribution in [3.05, 3.63) is 59.4 Å². The molecule has 8 heteroatoms. The van der Waals surface area contributed by atoms with Crippen LogP contribution in [0.25, 0.3) is 0 Å². The van der Waals surface area contributed by atoms with Crippen molar-refractivity contribution >= 4 is 27.4 Å². The summed E-state index contributed by atoms with van der Waals surface area (Å²) in [4.78, 5) is 12.1. The molecule has 0 spiro atoms. The average molecular weight is 391 g/mol. The van der Waals surface area contributed by atoms with Crippen LogP contribution in [-0.2, 0) is 23.0 Å². The third-order valence-electron chi connectivity index (χ3n) is 4.48. The molecular weight excluding hydrogens is 369 g/mol. The normalized spacial score (nSPS) is 13.8. The van der Waals surface area contributed by atoms with Crippen LogP contribution in [0, 0.1) is 5.82 Å². The molecule has 2 aromatic carbocycles. The van der Waals surface area contributed by atoms with Crippen molar-refractivity contribution in [1.29, 1.82) is 0 Å². The molecule has 144 valence electrons. The predicted molar refractivity (Wildman–Crippen MR) is 104 cm³/mol. The zero-order chi connectivity index (χ0) is 19.4. The highest BCUT2D eigenvalue weighted by Crippen LogP contribution is 2.31. The number of anilines is 2. The first-order chi connectivity index (χ1) is 12.9. The van der Waals surface area contributed by atoms with E-state index < -0.39 is 10.0 Å². The Morgan fingerprint density at radius 3 is 2.63 bits per heavy atom. The molecule has 0 atom stereocenters. The maximum atomic E-state index is 12.9. The minimum Gasteiger partial charge on any atom is -0.334 e. The van der Waals surface area contributed by atoms with Crippen LogP contribution in [-0.4, -0.2) is 26.7 Å². The third-order valence-corrected chi connectivity index (χ3v) is 6.26. The highest BCUT2D eigenvalue weighted by Gasteiger charge is 2.26. The van der Waals surface area contributed by atoms with Gasteiger partial charge < -0.3 is 10.6 Å². The van der Waals surface area contributed by atoms with Gasteiger partial charge in [-0.2, -0.15) is 0 Å². The maximum Gasteiger partial charge on any atom is 0.319 e. The Morgan fingerprint density at radius 1 is 1.19 bits per heavy atom. The van der Waals surface area contributed by atoms with Gasteiger partial charge in [0.05, 0.1) is 11.4 Å². The van der Waals surface area contributed by atoms with Crippen molar-refractivity contribution in [1.82, 2.24) is 5.32 Å². The maximum absolute atomic E-state index is 12.9. The van der Waals surface area contributed by atoms with E-state index in [1.54, 1.807) is 31.2 Å². The molecule has 0 aromatic heterocycles. The molecule has 27 heavy (non-hydrogen) atoms. The summed E-state index contributed by atoms with van der Waals surface area (Å²) in [6, 6.07) is 10.8. The molecular formula is C19H22FN3O3S. The third kappa shape index (κ3) is 4.57. The number of halogens is 1. The number of amides is 2. The zero-order valence-corrected chi connectivity index (χ0v) is 15.9. The number of nitrogens with one attached hydrogen (secondary N) is 2. The second kappa shape index (κ2) is 7.96. The van der Waals surface area contributed by atoms with Crippen LogP contribution in [0.3, 0.4) is 0 Å². The van der Waals surface area contributed by atoms with E-state index in [1.165, 1.54) is 16.4 Å². The minimum atomic E-state index is -3.31. The van der Waals surface area contributed by atoms with Crippen molar-refractivity contribution in [2.45, 2.75) is 26.3 Å². The molecule has 2 aromatic rings. The number of aryl methyl sites for hydroxylation is 1. The molecule has 1 heterocycles. The predicted octanol–water partition coefficient (Wildman–Crippen LogP) is 3.25. The summed E-state index contributed by atoms with van der Waals surface area (Å²) in [6.45, 7) is 2.39. The van der Waals surface area contributed by atoms with Crippen LogP contribution in [0.4, 0.5) is 20.6 Å². The molecule has 0 saturated carbocycles. The number of fused-ring (bicyclic) bond motifs is 1. The van der Waals surface area contributed by atoms with Crippen LogP contribution in [0.2, 0.25) is 0 Å². The molecule has 0 unspecified atom stereocenters. The number of hydrogen-bond acceptors (Lipinski definition) is 3. The van der Waals surface area contributed by atoms with Gasteiger partial charge in [-0.25, -0.2) is 17.6 Å². The van der Waals surface area contributed by atoms with E-state index in [0.717, 1.165) is 24.0 Å². The quantitative estimate of drug-likeness (QED) is 0.821. The number of carbonyl (C=O) groups is 1. The number of urea groups is 1. The first-order valence-electron chi connectivity index (χ1n) is 8.81. The molecule has 2 N–H and O–H groups in total. The van der Waals surface area contributed by atoms with Crippen LogP contribution in [0.5, 0.6) is 0 Å². The van der Waals surface area contributed by atoms with E-state index in [4.69, 9.17) is 0 Å². The molecule has 1 aliphatic rings. The molecule has 3 rings (SSSR count). The standard InChI is InChI=1S/C19H22FN3O3S/c1-2-27(25,26)23-11-3-4-15-12-17(9-10-18(15)23)22-19(24)21-13-14-5-7-16(20)8-6-14/h5-10,12H,2-4,11,13H2,1H3,(H2,21,22,24). The number of sulfonamides is 1. The lowest BCUT2D eigenvalue weighted by molar-refractivity contribution is 0.251. The first-order valence-corrected chi connectivity index (χ1v) is 10.4. The van der Waals surface area contributed by atoms with Crippen LogP contribution in [0.15, 0.2) is 42.5 Å². The van der Waals surface area contributed by atoms with Crippen LogP contribution in [0.1, 0.15) is 24.5 Å². The lowest BCUT2D eigenvalue weighted by atomic mass is 10.0. The lowest BCUT2D eigenvalue weighted by Gasteiger charge is -2.30. The van der Waals surface area contributed by atoms with E-state index in [0.29, 0.717) is 17.9 Å². The summed E-state index contributed by atoms with van der Waals surface area (Å²) in [5, 5.41) is 5.46. The van der Waals surface area contributed by atoms with Crippen LogP contribution >= 0.6 is 0 Å². The van der Waals surface area contributed by atoms with Gasteiger partial charge in [-0.05, 0) is 61.2 Å². The molecule has 2 amide bonds. The monoisotopic (exact) mass is 391 g/mol. The van der Waals surface area contributed by atoms with Gasteiger partial charge in [0.2, 0.25) is 10.0 Å². The number of rotatable bonds is 5. The molecule has 0 bridgehead atoms. The smallest absolute Gasteiger partial charge is 0.319 e.